The summed E-state index contributed by atoms with van der Waals surface area (Å²) in [6.07, 6.45) is 10.6. The Morgan fingerprint density at radius 1 is 1.29 bits per heavy atom. The molecule has 1 aromatic heterocycles. The second kappa shape index (κ2) is 7.36. The predicted molar refractivity (Wildman–Crippen MR) is 86.4 cm³/mol. The first kappa shape index (κ1) is 16.4. The molecule has 21 heavy (non-hydrogen) atoms. The van der Waals surface area contributed by atoms with E-state index in [9.17, 15) is 0 Å². The van der Waals surface area contributed by atoms with E-state index in [1.54, 1.807) is 6.33 Å². The molecule has 1 unspecified atom stereocenters. The van der Waals surface area contributed by atoms with Crippen LogP contribution in [0, 0.1) is 0 Å². The monoisotopic (exact) mass is 293 g/mol. The number of hydrogen-bond donors (Lipinski definition) is 1. The van der Waals surface area contributed by atoms with E-state index >= 15 is 0 Å². The summed E-state index contributed by atoms with van der Waals surface area (Å²) in [7, 11) is 6.56. The molecule has 0 spiro atoms. The van der Waals surface area contributed by atoms with Crippen LogP contribution in [0.4, 0.5) is 0 Å². The van der Waals surface area contributed by atoms with Gasteiger partial charge < -0.3 is 10.2 Å². The minimum Gasteiger partial charge on any atom is -0.315 e. The van der Waals surface area contributed by atoms with E-state index in [1.807, 2.05) is 4.68 Å². The van der Waals surface area contributed by atoms with E-state index < -0.39 is 0 Å². The van der Waals surface area contributed by atoms with Crippen molar-refractivity contribution in [2.24, 2.45) is 0 Å². The van der Waals surface area contributed by atoms with Crippen molar-refractivity contribution in [2.75, 3.05) is 21.1 Å². The van der Waals surface area contributed by atoms with Gasteiger partial charge in [-0.1, -0.05) is 25.7 Å². The number of aryl methyl sites for hydroxylation is 1. The molecule has 1 aliphatic carbocycles. The predicted octanol–water partition coefficient (Wildman–Crippen LogP) is 2.08. The first-order valence-corrected chi connectivity index (χ1v) is 8.35. The highest BCUT2D eigenvalue weighted by atomic mass is 15.3. The van der Waals surface area contributed by atoms with Crippen LogP contribution in [0.2, 0.25) is 0 Å². The summed E-state index contributed by atoms with van der Waals surface area (Å²) in [4.78, 5) is 6.93. The van der Waals surface area contributed by atoms with Crippen LogP contribution in [-0.2, 0) is 13.0 Å². The SMILES string of the molecule is CCn1ncnc1CC(NC)C1(N(C)C)CCCCCC1. The van der Waals surface area contributed by atoms with Gasteiger partial charge in [0.05, 0.1) is 0 Å². The van der Waals surface area contributed by atoms with E-state index in [2.05, 4.69) is 48.4 Å². The summed E-state index contributed by atoms with van der Waals surface area (Å²) in [5.41, 5.74) is 0.232. The number of nitrogens with one attached hydrogen (secondary N) is 1. The Balaban J connectivity index is 2.23. The van der Waals surface area contributed by atoms with Crippen molar-refractivity contribution >= 4 is 0 Å². The maximum absolute atomic E-state index is 4.48. The fraction of sp³-hybridized carbons (Fsp3) is 0.875. The first-order chi connectivity index (χ1) is 10.1. The average Bonchev–Trinajstić information content (AvgIpc) is 2.78. The van der Waals surface area contributed by atoms with Gasteiger partial charge in [-0.25, -0.2) is 4.98 Å². The van der Waals surface area contributed by atoms with Gasteiger partial charge in [0.25, 0.3) is 0 Å². The highest BCUT2D eigenvalue weighted by molar-refractivity contribution is 5.04. The molecule has 0 aliphatic heterocycles. The van der Waals surface area contributed by atoms with Gasteiger partial charge in [0.1, 0.15) is 12.2 Å². The summed E-state index contributed by atoms with van der Waals surface area (Å²) in [5.74, 6) is 1.10. The Bertz CT molecular complexity index is 418. The van der Waals surface area contributed by atoms with Gasteiger partial charge >= 0.3 is 0 Å². The molecule has 0 amide bonds. The fourth-order valence-electron chi connectivity index (χ4n) is 3.90. The molecule has 5 heteroatoms. The summed E-state index contributed by atoms with van der Waals surface area (Å²) in [6, 6.07) is 0.417. The molecule has 5 nitrogen and oxygen atoms in total. The van der Waals surface area contributed by atoms with Gasteiger partial charge in [-0.05, 0) is 40.9 Å². The van der Waals surface area contributed by atoms with Crippen LogP contribution in [0.5, 0.6) is 0 Å². The number of aromatic nitrogens is 3. The summed E-state index contributed by atoms with van der Waals surface area (Å²) in [6.45, 7) is 3.01. The maximum Gasteiger partial charge on any atom is 0.138 e. The van der Waals surface area contributed by atoms with Gasteiger partial charge in [0, 0.05) is 24.5 Å². The van der Waals surface area contributed by atoms with E-state index in [-0.39, 0.29) is 5.54 Å². The molecule has 1 saturated carbocycles. The topological polar surface area (TPSA) is 46.0 Å². The molecule has 1 aromatic rings. The van der Waals surface area contributed by atoms with Gasteiger partial charge in [-0.15, -0.1) is 0 Å². The lowest BCUT2D eigenvalue weighted by Gasteiger charge is -2.46. The Kier molecular flexibility index (Phi) is 5.76. The second-order valence-electron chi connectivity index (χ2n) is 6.45. The molecule has 1 heterocycles. The second-order valence-corrected chi connectivity index (χ2v) is 6.45. The Labute approximate surface area is 129 Å². The third kappa shape index (κ3) is 3.46. The van der Waals surface area contributed by atoms with E-state index in [0.717, 1.165) is 18.8 Å². The van der Waals surface area contributed by atoms with E-state index in [0.29, 0.717) is 6.04 Å². The van der Waals surface area contributed by atoms with Gasteiger partial charge in [0.2, 0.25) is 0 Å². The summed E-state index contributed by atoms with van der Waals surface area (Å²) >= 11 is 0. The molecular formula is C16H31N5. The zero-order valence-electron chi connectivity index (χ0n) is 14.1. The quantitative estimate of drug-likeness (QED) is 0.816. The van der Waals surface area contributed by atoms with Crippen molar-refractivity contribution in [3.8, 4) is 0 Å². The third-order valence-electron chi connectivity index (χ3n) is 5.24. The minimum absolute atomic E-state index is 0.232. The van der Waals surface area contributed by atoms with Crippen molar-refractivity contribution in [1.82, 2.24) is 25.0 Å². The van der Waals surface area contributed by atoms with Crippen molar-refractivity contribution in [3.05, 3.63) is 12.2 Å². The van der Waals surface area contributed by atoms with Crippen LogP contribution in [0.25, 0.3) is 0 Å². The maximum atomic E-state index is 4.48. The highest BCUT2D eigenvalue weighted by Gasteiger charge is 2.40. The Morgan fingerprint density at radius 2 is 1.95 bits per heavy atom. The standard InChI is InChI=1S/C16H31N5/c1-5-21-15(18-13-19-21)12-14(17-2)16(20(3)4)10-8-6-7-9-11-16/h13-14,17H,5-12H2,1-4H3. The number of hydrogen-bond acceptors (Lipinski definition) is 4. The van der Waals surface area contributed by atoms with E-state index in [1.165, 1.54) is 38.5 Å². The zero-order chi connectivity index (χ0) is 15.3. The van der Waals surface area contributed by atoms with Crippen molar-refractivity contribution in [3.63, 3.8) is 0 Å². The minimum atomic E-state index is 0.232. The molecule has 1 N–H and O–H groups in total. The Morgan fingerprint density at radius 3 is 2.48 bits per heavy atom. The van der Waals surface area contributed by atoms with Gasteiger partial charge in [-0.3, -0.25) is 4.68 Å². The van der Waals surface area contributed by atoms with Crippen LogP contribution in [-0.4, -0.2) is 52.4 Å². The molecular weight excluding hydrogens is 262 g/mol. The van der Waals surface area contributed by atoms with Crippen molar-refractivity contribution in [1.29, 1.82) is 0 Å². The van der Waals surface area contributed by atoms with Gasteiger partial charge in [-0.2, -0.15) is 5.10 Å². The summed E-state index contributed by atoms with van der Waals surface area (Å²) < 4.78 is 2.02. The van der Waals surface area contributed by atoms with E-state index in [4.69, 9.17) is 0 Å². The van der Waals surface area contributed by atoms with Crippen LogP contribution in [0.15, 0.2) is 6.33 Å². The molecule has 1 fully saturated rings. The molecule has 2 rings (SSSR count). The van der Waals surface area contributed by atoms with Crippen LogP contribution in [0.3, 0.4) is 0 Å². The third-order valence-corrected chi connectivity index (χ3v) is 5.24. The fourth-order valence-corrected chi connectivity index (χ4v) is 3.90. The number of rotatable bonds is 6. The zero-order valence-corrected chi connectivity index (χ0v) is 14.1. The first-order valence-electron chi connectivity index (χ1n) is 8.35. The molecule has 0 radical (unpaired) electrons. The van der Waals surface area contributed by atoms with Crippen LogP contribution < -0.4 is 5.32 Å². The number of likely N-dealkylation sites (N-methyl/N-ethyl adjacent to an activating group) is 2. The van der Waals surface area contributed by atoms with Gasteiger partial charge in [0.15, 0.2) is 0 Å². The van der Waals surface area contributed by atoms with Crippen molar-refractivity contribution in [2.45, 2.75) is 70.0 Å². The van der Waals surface area contributed by atoms with Crippen LogP contribution in [0.1, 0.15) is 51.3 Å². The largest absolute Gasteiger partial charge is 0.315 e. The molecule has 120 valence electrons. The van der Waals surface area contributed by atoms with Crippen molar-refractivity contribution < 1.29 is 0 Å². The molecule has 1 atom stereocenters. The smallest absolute Gasteiger partial charge is 0.138 e. The lowest BCUT2D eigenvalue weighted by atomic mass is 9.79. The molecule has 1 aliphatic rings. The normalized spacial score (nSPS) is 20.4. The Hall–Kier alpha value is -0.940. The highest BCUT2D eigenvalue weighted by Crippen LogP contribution is 2.35. The molecule has 0 bridgehead atoms. The van der Waals surface area contributed by atoms with Crippen LogP contribution >= 0.6 is 0 Å². The lowest BCUT2D eigenvalue weighted by Crippen LogP contribution is -2.59. The molecule has 0 aromatic carbocycles. The lowest BCUT2D eigenvalue weighted by molar-refractivity contribution is 0.0822. The number of nitrogens with zero attached hydrogens (tertiary/aromatic N) is 4. The average molecular weight is 293 g/mol. The summed E-state index contributed by atoms with van der Waals surface area (Å²) in [5, 5.41) is 7.91. The molecule has 0 saturated heterocycles.